The predicted octanol–water partition coefficient (Wildman–Crippen LogP) is 2.36. The molecule has 1 saturated heterocycles. The third-order valence-electron chi connectivity index (χ3n) is 5.65. The van der Waals surface area contributed by atoms with Crippen LogP contribution in [0.3, 0.4) is 0 Å². The van der Waals surface area contributed by atoms with Crippen LogP contribution < -0.4 is 15.4 Å². The SMILES string of the molecule is CNc1cnc(-c2ccc(C3CCC3)c(OCC(O)CN3CCNC3=O)c2F)cn1. The fourth-order valence-corrected chi connectivity index (χ4v) is 3.72. The Morgan fingerprint density at radius 2 is 2.20 bits per heavy atom. The molecule has 2 heterocycles. The van der Waals surface area contributed by atoms with E-state index in [0.717, 1.165) is 24.8 Å². The van der Waals surface area contributed by atoms with Gasteiger partial charge in [0.25, 0.3) is 0 Å². The van der Waals surface area contributed by atoms with Crippen molar-refractivity contribution in [3.63, 3.8) is 0 Å². The van der Waals surface area contributed by atoms with Crippen LogP contribution >= 0.6 is 0 Å². The van der Waals surface area contributed by atoms with Crippen molar-refractivity contribution >= 4 is 11.8 Å². The first kappa shape index (κ1) is 20.3. The molecule has 2 aliphatic rings. The first-order valence-corrected chi connectivity index (χ1v) is 10.2. The molecule has 1 aliphatic heterocycles. The number of hydrogen-bond donors (Lipinski definition) is 3. The molecule has 0 spiro atoms. The van der Waals surface area contributed by atoms with E-state index in [0.29, 0.717) is 30.2 Å². The molecule has 4 rings (SSSR count). The van der Waals surface area contributed by atoms with Crippen molar-refractivity contribution in [3.05, 3.63) is 35.9 Å². The quantitative estimate of drug-likeness (QED) is 0.612. The van der Waals surface area contributed by atoms with Gasteiger partial charge >= 0.3 is 6.03 Å². The number of carbonyl (C=O) groups excluding carboxylic acids is 1. The zero-order chi connectivity index (χ0) is 21.1. The molecule has 8 nitrogen and oxygen atoms in total. The Kier molecular flexibility index (Phi) is 5.98. The summed E-state index contributed by atoms with van der Waals surface area (Å²) in [5, 5.41) is 15.9. The summed E-state index contributed by atoms with van der Waals surface area (Å²) in [7, 11) is 1.74. The Bertz CT molecular complexity index is 904. The summed E-state index contributed by atoms with van der Waals surface area (Å²) >= 11 is 0. The average molecular weight is 415 g/mol. The summed E-state index contributed by atoms with van der Waals surface area (Å²) in [6.07, 6.45) is 5.22. The van der Waals surface area contributed by atoms with Gasteiger partial charge in [-0.3, -0.25) is 4.98 Å². The third-order valence-corrected chi connectivity index (χ3v) is 5.65. The Morgan fingerprint density at radius 3 is 2.80 bits per heavy atom. The third kappa shape index (κ3) is 4.16. The standard InChI is InChI=1S/C21H26FN5O3/c1-23-18-10-25-17(9-26-18)16-6-5-15(13-3-2-4-13)20(19(16)22)30-12-14(28)11-27-8-7-24-21(27)29/h5-6,9-10,13-14,28H,2-4,7-8,11-12H2,1H3,(H,23,26)(H,24,29). The van der Waals surface area contributed by atoms with Crippen LogP contribution in [0, 0.1) is 5.82 Å². The maximum atomic E-state index is 15.5. The molecule has 1 atom stereocenters. The van der Waals surface area contributed by atoms with Crippen molar-refractivity contribution in [2.45, 2.75) is 31.3 Å². The Morgan fingerprint density at radius 1 is 1.37 bits per heavy atom. The van der Waals surface area contributed by atoms with Crippen LogP contribution in [0.1, 0.15) is 30.7 Å². The number of amides is 2. The highest BCUT2D eigenvalue weighted by molar-refractivity contribution is 5.76. The van der Waals surface area contributed by atoms with Gasteiger partial charge in [0, 0.05) is 31.3 Å². The number of anilines is 1. The van der Waals surface area contributed by atoms with Gasteiger partial charge in [-0.1, -0.05) is 12.5 Å². The molecule has 1 unspecified atom stereocenters. The largest absolute Gasteiger partial charge is 0.487 e. The minimum absolute atomic E-state index is 0.103. The number of β-amino-alcohol motifs (C(OH)–C–C–N with tert-alkyl or cyclic N) is 1. The molecule has 30 heavy (non-hydrogen) atoms. The Labute approximate surface area is 174 Å². The number of aromatic nitrogens is 2. The number of aliphatic hydroxyl groups excluding tert-OH is 1. The van der Waals surface area contributed by atoms with E-state index in [-0.39, 0.29) is 30.9 Å². The van der Waals surface area contributed by atoms with E-state index in [4.69, 9.17) is 4.74 Å². The normalized spacial score (nSPS) is 17.4. The molecule has 1 aliphatic carbocycles. The molecular formula is C21H26FN5O3. The molecule has 0 radical (unpaired) electrons. The fourth-order valence-electron chi connectivity index (χ4n) is 3.72. The molecule has 9 heteroatoms. The molecule has 3 N–H and O–H groups in total. The minimum atomic E-state index is -0.916. The van der Waals surface area contributed by atoms with Crippen LogP contribution in [-0.4, -0.2) is 65.4 Å². The van der Waals surface area contributed by atoms with Gasteiger partial charge < -0.3 is 25.4 Å². The number of aliphatic hydroxyl groups is 1. The molecule has 2 aromatic rings. The number of urea groups is 1. The van der Waals surface area contributed by atoms with Crippen molar-refractivity contribution in [1.29, 1.82) is 0 Å². The van der Waals surface area contributed by atoms with Crippen molar-refractivity contribution in [3.8, 4) is 17.0 Å². The van der Waals surface area contributed by atoms with E-state index in [2.05, 4.69) is 20.6 Å². The first-order valence-electron chi connectivity index (χ1n) is 10.2. The Hall–Kier alpha value is -2.94. The highest BCUT2D eigenvalue weighted by Crippen LogP contribution is 2.43. The first-order chi connectivity index (χ1) is 14.6. The fraction of sp³-hybridized carbons (Fsp3) is 0.476. The zero-order valence-electron chi connectivity index (χ0n) is 16.9. The molecule has 160 valence electrons. The van der Waals surface area contributed by atoms with E-state index >= 15 is 4.39 Å². The van der Waals surface area contributed by atoms with Crippen molar-refractivity contribution in [1.82, 2.24) is 20.2 Å². The summed E-state index contributed by atoms with van der Waals surface area (Å²) < 4.78 is 21.3. The van der Waals surface area contributed by atoms with Crippen LogP contribution in [0.4, 0.5) is 15.0 Å². The lowest BCUT2D eigenvalue weighted by Gasteiger charge is -2.29. The smallest absolute Gasteiger partial charge is 0.317 e. The summed E-state index contributed by atoms with van der Waals surface area (Å²) in [6.45, 7) is 1.13. The number of nitrogens with one attached hydrogen (secondary N) is 2. The number of hydrogen-bond acceptors (Lipinski definition) is 6. The molecule has 1 saturated carbocycles. The lowest BCUT2D eigenvalue weighted by molar-refractivity contribution is 0.0801. The predicted molar refractivity (Wildman–Crippen MR) is 110 cm³/mol. The highest BCUT2D eigenvalue weighted by Gasteiger charge is 2.28. The summed E-state index contributed by atoms with van der Waals surface area (Å²) in [6, 6.07) is 3.39. The molecule has 2 amide bonds. The summed E-state index contributed by atoms with van der Waals surface area (Å²) in [5.74, 6) is 0.497. The number of benzene rings is 1. The van der Waals surface area contributed by atoms with E-state index in [1.165, 1.54) is 11.1 Å². The molecular weight excluding hydrogens is 389 g/mol. The lowest BCUT2D eigenvalue weighted by atomic mass is 9.79. The van der Waals surface area contributed by atoms with E-state index in [1.54, 1.807) is 19.3 Å². The van der Waals surface area contributed by atoms with Crippen molar-refractivity contribution < 1.29 is 19.0 Å². The van der Waals surface area contributed by atoms with Gasteiger partial charge in [0.1, 0.15) is 18.5 Å². The molecule has 1 aromatic carbocycles. The van der Waals surface area contributed by atoms with Crippen LogP contribution in [-0.2, 0) is 0 Å². The van der Waals surface area contributed by atoms with Gasteiger partial charge in [0.15, 0.2) is 11.6 Å². The molecule has 0 bridgehead atoms. The van der Waals surface area contributed by atoms with Crippen LogP contribution in [0.15, 0.2) is 24.5 Å². The lowest BCUT2D eigenvalue weighted by Crippen LogP contribution is -2.37. The van der Waals surface area contributed by atoms with Gasteiger partial charge in [-0.05, 0) is 24.8 Å². The van der Waals surface area contributed by atoms with Crippen LogP contribution in [0.2, 0.25) is 0 Å². The number of nitrogens with zero attached hydrogens (tertiary/aromatic N) is 3. The molecule has 1 aromatic heterocycles. The van der Waals surface area contributed by atoms with Gasteiger partial charge in [-0.2, -0.15) is 0 Å². The summed E-state index contributed by atoms with van der Waals surface area (Å²) in [5.41, 5.74) is 1.52. The van der Waals surface area contributed by atoms with Crippen LogP contribution in [0.25, 0.3) is 11.3 Å². The van der Waals surface area contributed by atoms with Crippen molar-refractivity contribution in [2.24, 2.45) is 0 Å². The zero-order valence-corrected chi connectivity index (χ0v) is 16.9. The second-order valence-electron chi connectivity index (χ2n) is 7.65. The highest BCUT2D eigenvalue weighted by atomic mass is 19.1. The number of carbonyl (C=O) groups is 1. The van der Waals surface area contributed by atoms with Gasteiger partial charge in [0.2, 0.25) is 0 Å². The Balaban J connectivity index is 1.55. The van der Waals surface area contributed by atoms with E-state index < -0.39 is 11.9 Å². The van der Waals surface area contributed by atoms with Gasteiger partial charge in [-0.15, -0.1) is 0 Å². The second-order valence-corrected chi connectivity index (χ2v) is 7.65. The maximum Gasteiger partial charge on any atom is 0.317 e. The summed E-state index contributed by atoms with van der Waals surface area (Å²) in [4.78, 5) is 21.7. The van der Waals surface area contributed by atoms with Crippen LogP contribution in [0.5, 0.6) is 5.75 Å². The topological polar surface area (TPSA) is 99.6 Å². The number of halogens is 1. The monoisotopic (exact) mass is 415 g/mol. The number of rotatable bonds is 8. The van der Waals surface area contributed by atoms with Gasteiger partial charge in [0.05, 0.1) is 24.6 Å². The number of ether oxygens (including phenoxy) is 1. The van der Waals surface area contributed by atoms with Crippen molar-refractivity contribution in [2.75, 3.05) is 38.6 Å². The van der Waals surface area contributed by atoms with Gasteiger partial charge in [-0.25, -0.2) is 14.2 Å². The second kappa shape index (κ2) is 8.83. The average Bonchev–Trinajstić information content (AvgIpc) is 3.11. The van der Waals surface area contributed by atoms with E-state index in [9.17, 15) is 9.90 Å². The minimum Gasteiger partial charge on any atom is -0.487 e. The maximum absolute atomic E-state index is 15.5. The van der Waals surface area contributed by atoms with E-state index in [1.807, 2.05) is 6.07 Å². The molecule has 2 fully saturated rings.